The van der Waals surface area contributed by atoms with E-state index in [-0.39, 0.29) is 5.92 Å². The third kappa shape index (κ3) is 1.04. The molecular formula is C9H15NO2. The van der Waals surface area contributed by atoms with Crippen LogP contribution in [-0.2, 0) is 4.79 Å². The van der Waals surface area contributed by atoms with E-state index < -0.39 is 5.97 Å². The predicted molar refractivity (Wildman–Crippen MR) is 44.9 cm³/mol. The summed E-state index contributed by atoms with van der Waals surface area (Å²) in [5, 5.41) is 8.95. The Balaban J connectivity index is 2.14. The fourth-order valence-corrected chi connectivity index (χ4v) is 2.73. The zero-order valence-corrected chi connectivity index (χ0v) is 7.36. The quantitative estimate of drug-likeness (QED) is 0.635. The molecule has 12 heavy (non-hydrogen) atoms. The zero-order valence-electron chi connectivity index (χ0n) is 7.36. The van der Waals surface area contributed by atoms with Gasteiger partial charge in [0.1, 0.15) is 0 Å². The molecule has 3 heteroatoms. The molecule has 2 saturated heterocycles. The van der Waals surface area contributed by atoms with Crippen molar-refractivity contribution in [2.45, 2.75) is 37.8 Å². The molecule has 0 aromatic rings. The lowest BCUT2D eigenvalue weighted by Crippen LogP contribution is -2.44. The summed E-state index contributed by atoms with van der Waals surface area (Å²) in [6, 6.07) is 0.992. The molecule has 0 radical (unpaired) electrons. The fourth-order valence-electron chi connectivity index (χ4n) is 2.73. The minimum absolute atomic E-state index is 0.103. The van der Waals surface area contributed by atoms with Gasteiger partial charge >= 0.3 is 5.97 Å². The second-order valence-corrected chi connectivity index (χ2v) is 3.99. The topological polar surface area (TPSA) is 40.5 Å². The van der Waals surface area contributed by atoms with E-state index in [1.807, 2.05) is 0 Å². The monoisotopic (exact) mass is 169 g/mol. The minimum atomic E-state index is -0.604. The van der Waals surface area contributed by atoms with Gasteiger partial charge < -0.3 is 5.11 Å². The molecule has 0 aromatic heterocycles. The molecule has 2 rings (SSSR count). The molecule has 3 nitrogen and oxygen atoms in total. The van der Waals surface area contributed by atoms with E-state index in [0.717, 1.165) is 19.3 Å². The van der Waals surface area contributed by atoms with E-state index >= 15 is 0 Å². The van der Waals surface area contributed by atoms with Crippen LogP contribution in [0.3, 0.4) is 0 Å². The van der Waals surface area contributed by atoms with Gasteiger partial charge in [0, 0.05) is 12.1 Å². The molecule has 2 aliphatic rings. The zero-order chi connectivity index (χ0) is 8.72. The first-order chi connectivity index (χ1) is 5.70. The molecule has 2 aliphatic heterocycles. The third-order valence-electron chi connectivity index (χ3n) is 3.49. The van der Waals surface area contributed by atoms with Gasteiger partial charge in [0.15, 0.2) is 0 Å². The van der Waals surface area contributed by atoms with Crippen molar-refractivity contribution >= 4 is 5.97 Å². The van der Waals surface area contributed by atoms with E-state index in [0.29, 0.717) is 12.1 Å². The standard InChI is InChI=1S/C9H15NO2/c1-10-6-2-4-7(9(11)12)8(10)5-3-6/h6-8H,2-5H2,1H3,(H,11,12)/t6?,7-,8?/m1/s1. The Morgan fingerprint density at radius 2 is 2.00 bits per heavy atom. The minimum Gasteiger partial charge on any atom is -0.481 e. The van der Waals surface area contributed by atoms with Crippen LogP contribution in [0.1, 0.15) is 25.7 Å². The molecule has 0 spiro atoms. The van der Waals surface area contributed by atoms with Gasteiger partial charge in [-0.05, 0) is 32.7 Å². The first-order valence-electron chi connectivity index (χ1n) is 4.65. The first-order valence-corrected chi connectivity index (χ1v) is 4.65. The normalized spacial score (nSPS) is 41.6. The summed E-state index contributed by atoms with van der Waals surface area (Å²) in [5.41, 5.74) is 0. The van der Waals surface area contributed by atoms with Crippen molar-refractivity contribution in [2.75, 3.05) is 7.05 Å². The SMILES string of the molecule is CN1C2CCC1[C@H](C(=O)O)CC2. The number of fused-ring (bicyclic) bond motifs is 2. The van der Waals surface area contributed by atoms with Crippen molar-refractivity contribution in [2.24, 2.45) is 5.92 Å². The molecule has 68 valence electrons. The smallest absolute Gasteiger partial charge is 0.308 e. The van der Waals surface area contributed by atoms with Gasteiger partial charge in [-0.15, -0.1) is 0 Å². The van der Waals surface area contributed by atoms with Gasteiger partial charge in [0.2, 0.25) is 0 Å². The van der Waals surface area contributed by atoms with Crippen LogP contribution in [0.5, 0.6) is 0 Å². The van der Waals surface area contributed by atoms with E-state index in [2.05, 4.69) is 11.9 Å². The fraction of sp³-hybridized carbons (Fsp3) is 0.889. The second kappa shape index (κ2) is 2.73. The molecule has 0 aromatic carbocycles. The van der Waals surface area contributed by atoms with E-state index in [9.17, 15) is 4.79 Å². The van der Waals surface area contributed by atoms with Crippen LogP contribution in [0.25, 0.3) is 0 Å². The average molecular weight is 169 g/mol. The number of hydrogen-bond acceptors (Lipinski definition) is 2. The van der Waals surface area contributed by atoms with Crippen LogP contribution in [-0.4, -0.2) is 35.1 Å². The van der Waals surface area contributed by atoms with Gasteiger partial charge in [-0.25, -0.2) is 0 Å². The Bertz CT molecular complexity index is 205. The average Bonchev–Trinajstić information content (AvgIpc) is 2.32. The van der Waals surface area contributed by atoms with Crippen LogP contribution in [0.2, 0.25) is 0 Å². The summed E-state index contributed by atoms with van der Waals surface area (Å²) in [7, 11) is 2.07. The number of nitrogens with zero attached hydrogens (tertiary/aromatic N) is 1. The van der Waals surface area contributed by atoms with Crippen LogP contribution in [0, 0.1) is 5.92 Å². The Kier molecular flexibility index (Phi) is 1.83. The molecule has 2 heterocycles. The third-order valence-corrected chi connectivity index (χ3v) is 3.49. The summed E-state index contributed by atoms with van der Waals surface area (Å²) < 4.78 is 0. The highest BCUT2D eigenvalue weighted by Gasteiger charge is 2.42. The number of carboxylic acid groups (broad SMARTS) is 1. The van der Waals surface area contributed by atoms with Crippen molar-refractivity contribution in [1.29, 1.82) is 0 Å². The predicted octanol–water partition coefficient (Wildman–Crippen LogP) is 0.944. The Morgan fingerprint density at radius 1 is 1.33 bits per heavy atom. The summed E-state index contributed by atoms with van der Waals surface area (Å²) in [6.45, 7) is 0. The van der Waals surface area contributed by atoms with E-state index in [1.165, 1.54) is 6.42 Å². The molecule has 1 N–H and O–H groups in total. The number of rotatable bonds is 1. The van der Waals surface area contributed by atoms with Crippen molar-refractivity contribution in [3.8, 4) is 0 Å². The largest absolute Gasteiger partial charge is 0.481 e. The molecule has 2 fully saturated rings. The number of carboxylic acids is 1. The van der Waals surface area contributed by atoms with E-state index in [4.69, 9.17) is 5.11 Å². The highest BCUT2D eigenvalue weighted by Crippen LogP contribution is 2.37. The number of carbonyl (C=O) groups is 1. The lowest BCUT2D eigenvalue weighted by atomic mass is 9.91. The van der Waals surface area contributed by atoms with Crippen molar-refractivity contribution < 1.29 is 9.90 Å². The summed E-state index contributed by atoms with van der Waals surface area (Å²) in [5.74, 6) is -0.707. The summed E-state index contributed by atoms with van der Waals surface area (Å²) >= 11 is 0. The number of piperidine rings is 1. The molecular weight excluding hydrogens is 154 g/mol. The first kappa shape index (κ1) is 8.05. The molecule has 0 amide bonds. The Morgan fingerprint density at radius 3 is 2.67 bits per heavy atom. The molecule has 0 saturated carbocycles. The highest BCUT2D eigenvalue weighted by molar-refractivity contribution is 5.71. The van der Waals surface area contributed by atoms with Gasteiger partial charge in [-0.2, -0.15) is 0 Å². The second-order valence-electron chi connectivity index (χ2n) is 3.99. The van der Waals surface area contributed by atoms with Gasteiger partial charge in [-0.3, -0.25) is 9.69 Å². The lowest BCUT2D eigenvalue weighted by Gasteiger charge is -2.35. The number of hydrogen-bond donors (Lipinski definition) is 1. The maximum Gasteiger partial charge on any atom is 0.308 e. The van der Waals surface area contributed by atoms with Crippen molar-refractivity contribution in [3.05, 3.63) is 0 Å². The van der Waals surface area contributed by atoms with Gasteiger partial charge in [0.05, 0.1) is 5.92 Å². The van der Waals surface area contributed by atoms with Crippen LogP contribution in [0.4, 0.5) is 0 Å². The van der Waals surface area contributed by atoms with Crippen LogP contribution < -0.4 is 0 Å². The van der Waals surface area contributed by atoms with Crippen LogP contribution in [0.15, 0.2) is 0 Å². The van der Waals surface area contributed by atoms with Crippen molar-refractivity contribution in [3.63, 3.8) is 0 Å². The molecule has 0 aliphatic carbocycles. The lowest BCUT2D eigenvalue weighted by molar-refractivity contribution is -0.145. The summed E-state index contributed by atoms with van der Waals surface area (Å²) in [4.78, 5) is 13.1. The summed E-state index contributed by atoms with van der Waals surface area (Å²) in [6.07, 6.45) is 4.24. The highest BCUT2D eigenvalue weighted by atomic mass is 16.4. The van der Waals surface area contributed by atoms with E-state index in [1.54, 1.807) is 0 Å². The molecule has 3 atom stereocenters. The van der Waals surface area contributed by atoms with Crippen LogP contribution >= 0.6 is 0 Å². The molecule has 2 unspecified atom stereocenters. The van der Waals surface area contributed by atoms with Gasteiger partial charge in [0.25, 0.3) is 0 Å². The maximum atomic E-state index is 10.9. The van der Waals surface area contributed by atoms with Gasteiger partial charge in [-0.1, -0.05) is 0 Å². The Labute approximate surface area is 72.4 Å². The maximum absolute atomic E-state index is 10.9. The Hall–Kier alpha value is -0.570. The number of aliphatic carboxylic acids is 1. The van der Waals surface area contributed by atoms with Crippen molar-refractivity contribution in [1.82, 2.24) is 4.90 Å². The molecule has 2 bridgehead atoms.